The van der Waals surface area contributed by atoms with Gasteiger partial charge in [0.2, 0.25) is 0 Å². The summed E-state index contributed by atoms with van der Waals surface area (Å²) >= 11 is 0. The van der Waals surface area contributed by atoms with Gasteiger partial charge in [0.1, 0.15) is 0 Å². The Hall–Kier alpha value is -3.01. The molecule has 2 N–H and O–H groups in total. The summed E-state index contributed by atoms with van der Waals surface area (Å²) in [6, 6.07) is 24.1. The number of hydrogen-bond donors (Lipinski definition) is 1. The van der Waals surface area contributed by atoms with Gasteiger partial charge < -0.3 is 5.73 Å². The van der Waals surface area contributed by atoms with Crippen molar-refractivity contribution in [3.05, 3.63) is 85.1 Å². The van der Waals surface area contributed by atoms with Crippen LogP contribution < -0.4 is 5.73 Å². The van der Waals surface area contributed by atoms with E-state index >= 15 is 0 Å². The number of nitrogens with zero attached hydrogens (tertiary/aromatic N) is 1. The molecule has 4 nitrogen and oxygen atoms in total. The first-order valence-electron chi connectivity index (χ1n) is 6.46. The zero-order valence-electron chi connectivity index (χ0n) is 11.4. The molecular weight excluding hydrogens is 264 g/mol. The quantitative estimate of drug-likeness (QED) is 0.727. The summed E-state index contributed by atoms with van der Waals surface area (Å²) in [4.78, 5) is 0. The minimum atomic E-state index is 0.588. The molecule has 0 atom stereocenters. The lowest BCUT2D eigenvalue weighted by Gasteiger charge is -1.87. The molecule has 0 aliphatic carbocycles. The molecule has 4 heteroatoms. The zero-order valence-corrected chi connectivity index (χ0v) is 11.4. The second kappa shape index (κ2) is 8.22. The summed E-state index contributed by atoms with van der Waals surface area (Å²) in [7, 11) is 0. The van der Waals surface area contributed by atoms with E-state index in [1.165, 1.54) is 6.20 Å². The van der Waals surface area contributed by atoms with Gasteiger partial charge in [-0.2, -0.15) is 4.68 Å². The van der Waals surface area contributed by atoms with Gasteiger partial charge in [-0.05, 0) is 29.4 Å². The average Bonchev–Trinajstić information content (AvgIpc) is 2.50. The average molecular weight is 280 g/mol. The van der Waals surface area contributed by atoms with E-state index < -0.39 is 0 Å². The van der Waals surface area contributed by atoms with Gasteiger partial charge in [0, 0.05) is 11.1 Å². The molecule has 1 heterocycles. The Morgan fingerprint density at radius 3 is 2.19 bits per heavy atom. The molecule has 0 aliphatic heterocycles. The van der Waals surface area contributed by atoms with Crippen LogP contribution in [-0.2, 0) is 0 Å². The van der Waals surface area contributed by atoms with Crippen LogP contribution in [-0.4, -0.2) is 5.16 Å². The third-order valence-electron chi connectivity index (χ3n) is 2.53. The fourth-order valence-electron chi connectivity index (χ4n) is 1.54. The minimum absolute atomic E-state index is 0.588. The van der Waals surface area contributed by atoms with Gasteiger partial charge >= 0.3 is 0 Å². The predicted octanol–water partition coefficient (Wildman–Crippen LogP) is 4.38. The number of aromatic nitrogens is 1. The smallest absolute Gasteiger partial charge is 0.188 e. The standard InChI is InChI=1S/C17H16N2O2/c18-16-11-5-3-1-2-4-9-15-10-6-7-13-17(15)20-21-19-14-8-12-16/h1-14H,18H2. The molecule has 1 aromatic carbocycles. The number of rotatable bonds is 0. The molecule has 0 radical (unpaired) electrons. The lowest BCUT2D eigenvalue weighted by molar-refractivity contribution is 0.00728. The van der Waals surface area contributed by atoms with Gasteiger partial charge in [-0.3, -0.25) is 4.58 Å². The van der Waals surface area contributed by atoms with Crippen LogP contribution in [0.5, 0.6) is 0 Å². The number of anilines is 1. The van der Waals surface area contributed by atoms with E-state index in [-0.39, 0.29) is 0 Å². The van der Waals surface area contributed by atoms with Gasteiger partial charge in [-0.15, -0.1) is 0 Å². The number of para-hydroxylation sites is 1. The van der Waals surface area contributed by atoms with Crippen molar-refractivity contribution < 1.29 is 9.26 Å². The van der Waals surface area contributed by atoms with Crippen LogP contribution in [0, 0.1) is 0 Å². The molecule has 1 aromatic heterocycles. The monoisotopic (exact) mass is 280 g/mol. The highest BCUT2D eigenvalue weighted by molar-refractivity contribution is 5.74. The van der Waals surface area contributed by atoms with Crippen LogP contribution in [0.3, 0.4) is 0 Å². The third kappa shape index (κ3) is 5.24. The van der Waals surface area contributed by atoms with Gasteiger partial charge in [-0.1, -0.05) is 54.6 Å². The van der Waals surface area contributed by atoms with Crippen molar-refractivity contribution in [3.8, 4) is 0 Å². The summed E-state index contributed by atoms with van der Waals surface area (Å²) in [5.41, 5.74) is 6.95. The van der Waals surface area contributed by atoms with Crippen LogP contribution in [0.25, 0.3) is 11.0 Å². The molecule has 0 unspecified atom stereocenters. The molecule has 2 aromatic rings. The second-order valence-corrected chi connectivity index (χ2v) is 4.10. The topological polar surface area (TPSA) is 65.2 Å². The van der Waals surface area contributed by atoms with Crippen LogP contribution in [0.1, 0.15) is 0 Å². The van der Waals surface area contributed by atoms with Crippen molar-refractivity contribution in [1.82, 2.24) is 5.16 Å². The van der Waals surface area contributed by atoms with Gasteiger partial charge in [-0.25, -0.2) is 0 Å². The van der Waals surface area contributed by atoms with Crippen molar-refractivity contribution in [3.63, 3.8) is 0 Å². The van der Waals surface area contributed by atoms with E-state index in [4.69, 9.17) is 15.0 Å². The molecule has 0 fully saturated rings. The Labute approximate surface area is 122 Å². The zero-order chi connectivity index (χ0) is 14.8. The number of nitrogen functional groups attached to an aromatic ring is 1. The van der Waals surface area contributed by atoms with Gasteiger partial charge in [0.05, 0.1) is 6.20 Å². The molecule has 0 amide bonds. The normalized spacial score (nSPS) is 9.14. The van der Waals surface area contributed by atoms with Crippen molar-refractivity contribution in [2.24, 2.45) is 0 Å². The van der Waals surface area contributed by atoms with E-state index in [1.54, 1.807) is 24.3 Å². The third-order valence-corrected chi connectivity index (χ3v) is 2.53. The largest absolute Gasteiger partial charge is 0.399 e. The van der Waals surface area contributed by atoms with Gasteiger partial charge in [0.25, 0.3) is 0 Å². The highest BCUT2D eigenvalue weighted by Gasteiger charge is 1.87. The molecule has 0 bridgehead atoms. The maximum absolute atomic E-state index is 5.75. The summed E-state index contributed by atoms with van der Waals surface area (Å²) in [5, 5.41) is 4.56. The molecule has 0 aliphatic rings. The van der Waals surface area contributed by atoms with Crippen LogP contribution in [0.4, 0.5) is 5.69 Å². The molecule has 106 valence electrons. The lowest BCUT2D eigenvalue weighted by atomic mass is 10.2. The van der Waals surface area contributed by atoms with Crippen molar-refractivity contribution in [2.75, 3.05) is 5.73 Å². The molecule has 2 rings (SSSR count). The van der Waals surface area contributed by atoms with Crippen LogP contribution in [0.2, 0.25) is 0 Å². The molecular formula is C17H16N2O2. The first-order valence-corrected chi connectivity index (χ1v) is 6.46. The van der Waals surface area contributed by atoms with E-state index in [0.717, 1.165) is 5.39 Å². The van der Waals surface area contributed by atoms with Crippen molar-refractivity contribution in [2.45, 2.75) is 0 Å². The number of nitrogens with two attached hydrogens (primary N) is 1. The second-order valence-electron chi connectivity index (χ2n) is 4.10. The highest BCUT2D eigenvalue weighted by Crippen LogP contribution is 2.08. The van der Waals surface area contributed by atoms with E-state index in [2.05, 4.69) is 5.16 Å². The lowest BCUT2D eigenvalue weighted by Crippen LogP contribution is -1.78. The summed E-state index contributed by atoms with van der Waals surface area (Å²) < 4.78 is 9.94. The predicted molar refractivity (Wildman–Crippen MR) is 83.6 cm³/mol. The van der Waals surface area contributed by atoms with Crippen molar-refractivity contribution in [1.29, 1.82) is 0 Å². The Bertz CT molecular complexity index is 746. The Morgan fingerprint density at radius 2 is 1.33 bits per heavy atom. The minimum Gasteiger partial charge on any atom is -0.399 e. The highest BCUT2D eigenvalue weighted by atomic mass is 17.0. The first kappa shape index (κ1) is 14.4. The molecule has 0 saturated heterocycles. The summed E-state index contributed by atoms with van der Waals surface area (Å²) in [5.74, 6) is 0. The maximum Gasteiger partial charge on any atom is 0.188 e. The Kier molecular flexibility index (Phi) is 5.64. The Morgan fingerprint density at radius 1 is 0.714 bits per heavy atom. The van der Waals surface area contributed by atoms with E-state index in [9.17, 15) is 0 Å². The van der Waals surface area contributed by atoms with Crippen LogP contribution in [0.15, 0.2) is 94.3 Å². The molecule has 21 heavy (non-hydrogen) atoms. The Balaban J connectivity index is 2.59. The van der Waals surface area contributed by atoms with E-state index in [0.29, 0.717) is 11.3 Å². The maximum atomic E-state index is 5.75. The fraction of sp³-hybridized carbons (Fsp3) is 0. The summed E-state index contributed by atoms with van der Waals surface area (Å²) in [6.07, 6.45) is 1.45. The van der Waals surface area contributed by atoms with Gasteiger partial charge in [0.15, 0.2) is 5.58 Å². The van der Waals surface area contributed by atoms with Crippen LogP contribution >= 0.6 is 0 Å². The SMILES string of the molecule is Nc1cccccccc2ccccc2oonccc1. The summed E-state index contributed by atoms with van der Waals surface area (Å²) in [6.45, 7) is 0. The fourth-order valence-corrected chi connectivity index (χ4v) is 1.54. The molecule has 0 saturated carbocycles. The number of hydrogen-bond acceptors (Lipinski definition) is 4. The van der Waals surface area contributed by atoms with Crippen molar-refractivity contribution >= 4 is 16.7 Å². The number of fused-ring (bicyclic) bond motifs is 1. The number of benzene rings is 1. The van der Waals surface area contributed by atoms with E-state index in [1.807, 2.05) is 54.6 Å². The molecule has 0 spiro atoms. The first-order chi connectivity index (χ1) is 10.4.